The van der Waals surface area contributed by atoms with Crippen LogP contribution in [-0.2, 0) is 12.3 Å². The summed E-state index contributed by atoms with van der Waals surface area (Å²) >= 11 is 6.40. The van der Waals surface area contributed by atoms with Crippen molar-refractivity contribution in [2.45, 2.75) is 18.1 Å². The lowest BCUT2D eigenvalue weighted by atomic mass is 10.3. The average Bonchev–Trinajstić information content (AvgIpc) is 2.85. The maximum atomic E-state index is 13.1. The van der Waals surface area contributed by atoms with E-state index in [2.05, 4.69) is 5.32 Å². The number of nitrogens with one attached hydrogen (secondary N) is 1. The first kappa shape index (κ1) is 15.1. The van der Waals surface area contributed by atoms with Crippen molar-refractivity contribution >= 4 is 29.1 Å². The fraction of sp³-hybridized carbons (Fsp3) is 0.231. The van der Waals surface area contributed by atoms with Gasteiger partial charge in [-0.25, -0.2) is 4.39 Å². The predicted octanol–water partition coefficient (Wildman–Crippen LogP) is 5.14. The number of furan rings is 1. The minimum absolute atomic E-state index is 0.110. The molecule has 0 saturated carbocycles. The maximum Gasteiger partial charge on any atom is 0.284 e. The van der Waals surface area contributed by atoms with E-state index in [0.717, 1.165) is 0 Å². The predicted molar refractivity (Wildman–Crippen MR) is 74.7 cm³/mol. The highest BCUT2D eigenvalue weighted by Gasteiger charge is 2.08. The van der Waals surface area contributed by atoms with Crippen LogP contribution in [0.4, 0.5) is 18.9 Å². The third-order valence-corrected chi connectivity index (χ3v) is 3.48. The standard InChI is InChI=1S/C13H11ClF3NOS/c14-11-4-1-8(15)5-12(11)18-6-9-2-3-10(19-9)7-20-13(16)17/h1-5,13,18H,6-7H2. The van der Waals surface area contributed by atoms with Crippen LogP contribution in [0.1, 0.15) is 11.5 Å². The van der Waals surface area contributed by atoms with Crippen LogP contribution in [0.5, 0.6) is 0 Å². The molecule has 2 aromatic rings. The van der Waals surface area contributed by atoms with Gasteiger partial charge >= 0.3 is 0 Å². The van der Waals surface area contributed by atoms with Crippen LogP contribution in [-0.4, -0.2) is 5.76 Å². The van der Waals surface area contributed by atoms with Crippen molar-refractivity contribution < 1.29 is 17.6 Å². The van der Waals surface area contributed by atoms with E-state index in [4.69, 9.17) is 16.0 Å². The molecule has 1 heterocycles. The molecule has 0 unspecified atom stereocenters. The van der Waals surface area contributed by atoms with Gasteiger partial charge in [-0.05, 0) is 30.3 Å². The van der Waals surface area contributed by atoms with Crippen LogP contribution < -0.4 is 5.32 Å². The van der Waals surface area contributed by atoms with Crippen LogP contribution in [0.3, 0.4) is 0 Å². The number of halogens is 4. The van der Waals surface area contributed by atoms with Crippen molar-refractivity contribution in [3.05, 3.63) is 52.7 Å². The van der Waals surface area contributed by atoms with Gasteiger partial charge in [0.05, 0.1) is 23.0 Å². The topological polar surface area (TPSA) is 25.2 Å². The van der Waals surface area contributed by atoms with Gasteiger partial charge in [-0.1, -0.05) is 23.4 Å². The zero-order valence-electron chi connectivity index (χ0n) is 10.2. The number of rotatable bonds is 6. The van der Waals surface area contributed by atoms with E-state index < -0.39 is 11.6 Å². The molecule has 7 heteroatoms. The monoisotopic (exact) mass is 321 g/mol. The van der Waals surface area contributed by atoms with E-state index >= 15 is 0 Å². The van der Waals surface area contributed by atoms with Crippen LogP contribution >= 0.6 is 23.4 Å². The van der Waals surface area contributed by atoms with Crippen molar-refractivity contribution in [2.24, 2.45) is 0 Å². The second kappa shape index (κ2) is 6.95. The van der Waals surface area contributed by atoms with E-state index in [-0.39, 0.29) is 5.75 Å². The molecule has 0 fully saturated rings. The number of benzene rings is 1. The lowest BCUT2D eigenvalue weighted by Crippen LogP contribution is -1.99. The summed E-state index contributed by atoms with van der Waals surface area (Å²) in [6.45, 7) is 0.294. The van der Waals surface area contributed by atoms with E-state index in [9.17, 15) is 13.2 Å². The van der Waals surface area contributed by atoms with Gasteiger partial charge in [0.1, 0.15) is 17.3 Å². The average molecular weight is 322 g/mol. The first-order valence-corrected chi connectivity index (χ1v) is 7.13. The highest BCUT2D eigenvalue weighted by atomic mass is 35.5. The van der Waals surface area contributed by atoms with Gasteiger partial charge in [-0.15, -0.1) is 0 Å². The Bertz CT molecular complexity index is 576. The summed E-state index contributed by atoms with van der Waals surface area (Å²) < 4.78 is 42.5. The second-order valence-corrected chi connectivity index (χ2v) is 5.30. The first-order chi connectivity index (χ1) is 9.54. The Balaban J connectivity index is 1.92. The molecule has 1 N–H and O–H groups in total. The van der Waals surface area contributed by atoms with Crippen LogP contribution in [0.15, 0.2) is 34.7 Å². The molecule has 0 atom stereocenters. The normalized spacial score (nSPS) is 11.1. The lowest BCUT2D eigenvalue weighted by Gasteiger charge is -2.06. The van der Waals surface area contributed by atoms with Crippen LogP contribution in [0, 0.1) is 5.82 Å². The molecule has 0 aliphatic carbocycles. The molecule has 2 nitrogen and oxygen atoms in total. The Morgan fingerprint density at radius 1 is 1.20 bits per heavy atom. The summed E-state index contributed by atoms with van der Waals surface area (Å²) in [6.07, 6.45) is 0. The molecule has 20 heavy (non-hydrogen) atoms. The van der Waals surface area contributed by atoms with E-state index in [1.54, 1.807) is 12.1 Å². The number of anilines is 1. The Kier molecular flexibility index (Phi) is 5.25. The fourth-order valence-corrected chi connectivity index (χ4v) is 2.19. The molecule has 1 aromatic heterocycles. The molecule has 0 saturated heterocycles. The van der Waals surface area contributed by atoms with Crippen molar-refractivity contribution in [1.82, 2.24) is 0 Å². The molecular weight excluding hydrogens is 311 g/mol. The Morgan fingerprint density at radius 2 is 1.95 bits per heavy atom. The van der Waals surface area contributed by atoms with Crippen molar-refractivity contribution in [1.29, 1.82) is 0 Å². The Hall–Kier alpha value is -1.27. The second-order valence-electron chi connectivity index (χ2n) is 3.92. The van der Waals surface area contributed by atoms with Gasteiger partial charge in [-0.3, -0.25) is 0 Å². The molecule has 0 aliphatic rings. The molecule has 0 amide bonds. The molecule has 1 aromatic carbocycles. The van der Waals surface area contributed by atoms with Crippen molar-refractivity contribution in [3.63, 3.8) is 0 Å². The molecule has 108 valence electrons. The highest BCUT2D eigenvalue weighted by Crippen LogP contribution is 2.24. The highest BCUT2D eigenvalue weighted by molar-refractivity contribution is 7.98. The summed E-state index contributed by atoms with van der Waals surface area (Å²) in [4.78, 5) is 0. The van der Waals surface area contributed by atoms with E-state index in [0.29, 0.717) is 40.5 Å². The number of hydrogen-bond donors (Lipinski definition) is 1. The molecule has 0 bridgehead atoms. The van der Waals surface area contributed by atoms with Gasteiger partial charge in [0.2, 0.25) is 0 Å². The van der Waals surface area contributed by atoms with Gasteiger partial charge in [0, 0.05) is 0 Å². The minimum atomic E-state index is -2.42. The molecule has 0 spiro atoms. The van der Waals surface area contributed by atoms with Gasteiger partial charge in [0.25, 0.3) is 5.76 Å². The van der Waals surface area contributed by atoms with Crippen molar-refractivity contribution in [3.8, 4) is 0 Å². The Labute approximate surface area is 123 Å². The molecular formula is C13H11ClF3NOS. The molecule has 2 rings (SSSR count). The van der Waals surface area contributed by atoms with Crippen LogP contribution in [0.2, 0.25) is 5.02 Å². The number of thioether (sulfide) groups is 1. The largest absolute Gasteiger partial charge is 0.463 e. The molecule has 0 radical (unpaired) electrons. The maximum absolute atomic E-state index is 13.1. The number of hydrogen-bond acceptors (Lipinski definition) is 3. The Morgan fingerprint density at radius 3 is 2.70 bits per heavy atom. The summed E-state index contributed by atoms with van der Waals surface area (Å²) in [5.74, 6) is -1.68. The molecule has 0 aliphatic heterocycles. The van der Waals surface area contributed by atoms with Gasteiger partial charge < -0.3 is 9.73 Å². The lowest BCUT2D eigenvalue weighted by molar-refractivity contribution is 0.251. The number of alkyl halides is 2. The first-order valence-electron chi connectivity index (χ1n) is 5.71. The van der Waals surface area contributed by atoms with Gasteiger partial charge in [-0.2, -0.15) is 8.78 Å². The summed E-state index contributed by atoms with van der Waals surface area (Å²) in [7, 11) is 0. The summed E-state index contributed by atoms with van der Waals surface area (Å²) in [5, 5.41) is 3.32. The quantitative estimate of drug-likeness (QED) is 0.797. The summed E-state index contributed by atoms with van der Waals surface area (Å²) in [5.41, 5.74) is 0.451. The van der Waals surface area contributed by atoms with Gasteiger partial charge in [0.15, 0.2) is 0 Å². The van der Waals surface area contributed by atoms with Crippen molar-refractivity contribution in [2.75, 3.05) is 5.32 Å². The SMILES string of the molecule is Fc1ccc(Cl)c(NCc2ccc(CSC(F)F)o2)c1. The zero-order chi connectivity index (χ0) is 14.5. The third-order valence-electron chi connectivity index (χ3n) is 2.45. The van der Waals surface area contributed by atoms with E-state index in [1.807, 2.05) is 0 Å². The third kappa shape index (κ3) is 4.38. The zero-order valence-corrected chi connectivity index (χ0v) is 11.8. The van der Waals surface area contributed by atoms with E-state index in [1.165, 1.54) is 18.2 Å². The van der Waals surface area contributed by atoms with Crippen LogP contribution in [0.25, 0.3) is 0 Å². The summed E-state index contributed by atoms with van der Waals surface area (Å²) in [6, 6.07) is 7.31. The smallest absolute Gasteiger partial charge is 0.284 e. The minimum Gasteiger partial charge on any atom is -0.463 e. The fourth-order valence-electron chi connectivity index (χ4n) is 1.56.